The molecule has 3 aromatic carbocycles. The molecule has 0 aliphatic heterocycles. The van der Waals surface area contributed by atoms with Crippen molar-refractivity contribution in [3.63, 3.8) is 0 Å². The molecule has 4 rings (SSSR count). The molecular formula is C24H16O7. The SMILES string of the molecule is O=C(O)/C=C/c1ccc(Oc2c(-c3ccc(O)cc3)c(=O)oc3cc(O)ccc23)cc1. The quantitative estimate of drug-likeness (QED) is 0.317. The molecule has 0 unspecified atom stereocenters. The number of rotatable bonds is 5. The molecule has 0 spiro atoms. The minimum absolute atomic E-state index is 0.0475. The molecule has 0 aliphatic carbocycles. The van der Waals surface area contributed by atoms with Gasteiger partial charge in [-0.2, -0.15) is 0 Å². The molecule has 0 bridgehead atoms. The van der Waals surface area contributed by atoms with E-state index in [-0.39, 0.29) is 28.4 Å². The van der Waals surface area contributed by atoms with Crippen LogP contribution in [0.3, 0.4) is 0 Å². The van der Waals surface area contributed by atoms with E-state index < -0.39 is 11.6 Å². The second-order valence-electron chi connectivity index (χ2n) is 6.66. The molecule has 0 aliphatic rings. The van der Waals surface area contributed by atoms with Crippen LogP contribution in [0.5, 0.6) is 23.0 Å². The second kappa shape index (κ2) is 8.08. The Morgan fingerprint density at radius 1 is 0.903 bits per heavy atom. The minimum Gasteiger partial charge on any atom is -0.508 e. The normalized spacial score (nSPS) is 11.1. The summed E-state index contributed by atoms with van der Waals surface area (Å²) in [5, 5.41) is 28.6. The number of hydrogen-bond acceptors (Lipinski definition) is 6. The highest BCUT2D eigenvalue weighted by Crippen LogP contribution is 2.38. The van der Waals surface area contributed by atoms with Crippen LogP contribution in [0.4, 0.5) is 0 Å². The van der Waals surface area contributed by atoms with Crippen LogP contribution in [0, 0.1) is 0 Å². The highest BCUT2D eigenvalue weighted by atomic mass is 16.5. The molecule has 0 radical (unpaired) electrons. The number of fused-ring (bicyclic) bond motifs is 1. The molecule has 0 fully saturated rings. The summed E-state index contributed by atoms with van der Waals surface area (Å²) in [4.78, 5) is 23.5. The van der Waals surface area contributed by atoms with Crippen molar-refractivity contribution < 1.29 is 29.3 Å². The van der Waals surface area contributed by atoms with Crippen LogP contribution in [-0.4, -0.2) is 21.3 Å². The highest BCUT2D eigenvalue weighted by molar-refractivity contribution is 5.91. The van der Waals surface area contributed by atoms with Crippen LogP contribution in [0.15, 0.2) is 82.0 Å². The first kappa shape index (κ1) is 19.8. The van der Waals surface area contributed by atoms with E-state index in [0.29, 0.717) is 22.3 Å². The van der Waals surface area contributed by atoms with Gasteiger partial charge >= 0.3 is 11.6 Å². The largest absolute Gasteiger partial charge is 0.508 e. The molecule has 1 heterocycles. The number of aromatic hydroxyl groups is 2. The van der Waals surface area contributed by atoms with Crippen molar-refractivity contribution in [1.82, 2.24) is 0 Å². The lowest BCUT2D eigenvalue weighted by molar-refractivity contribution is -0.131. The topological polar surface area (TPSA) is 117 Å². The summed E-state index contributed by atoms with van der Waals surface area (Å²) >= 11 is 0. The molecular weight excluding hydrogens is 400 g/mol. The monoisotopic (exact) mass is 416 g/mol. The summed E-state index contributed by atoms with van der Waals surface area (Å²) in [5.41, 5.74) is 0.796. The van der Waals surface area contributed by atoms with Crippen molar-refractivity contribution in [2.24, 2.45) is 0 Å². The number of phenols is 2. The fourth-order valence-electron chi connectivity index (χ4n) is 3.08. The lowest BCUT2D eigenvalue weighted by Crippen LogP contribution is -2.06. The third-order valence-electron chi connectivity index (χ3n) is 4.52. The summed E-state index contributed by atoms with van der Waals surface area (Å²) < 4.78 is 11.5. The van der Waals surface area contributed by atoms with Gasteiger partial charge in [-0.3, -0.25) is 0 Å². The van der Waals surface area contributed by atoms with E-state index in [9.17, 15) is 19.8 Å². The molecule has 7 heteroatoms. The molecule has 4 aromatic rings. The molecule has 7 nitrogen and oxygen atoms in total. The molecule has 0 atom stereocenters. The van der Waals surface area contributed by atoms with E-state index in [0.717, 1.165) is 6.08 Å². The number of hydrogen-bond donors (Lipinski definition) is 3. The van der Waals surface area contributed by atoms with E-state index >= 15 is 0 Å². The predicted octanol–water partition coefficient (Wildman–Crippen LogP) is 4.76. The van der Waals surface area contributed by atoms with Crippen LogP contribution in [-0.2, 0) is 4.79 Å². The van der Waals surface area contributed by atoms with Crippen LogP contribution >= 0.6 is 0 Å². The van der Waals surface area contributed by atoms with Gasteiger partial charge < -0.3 is 24.5 Å². The Morgan fingerprint density at radius 2 is 1.58 bits per heavy atom. The van der Waals surface area contributed by atoms with Crippen LogP contribution in [0.2, 0.25) is 0 Å². The first-order valence-electron chi connectivity index (χ1n) is 9.19. The number of aliphatic carboxylic acids is 1. The Bertz CT molecular complexity index is 1350. The van der Waals surface area contributed by atoms with Gasteiger partial charge in [-0.15, -0.1) is 0 Å². The fourth-order valence-corrected chi connectivity index (χ4v) is 3.08. The molecule has 0 saturated heterocycles. The zero-order valence-corrected chi connectivity index (χ0v) is 16.0. The van der Waals surface area contributed by atoms with Gasteiger partial charge in [0.25, 0.3) is 0 Å². The molecule has 3 N–H and O–H groups in total. The summed E-state index contributed by atoms with van der Waals surface area (Å²) in [6, 6.07) is 17.0. The maximum Gasteiger partial charge on any atom is 0.348 e. The van der Waals surface area contributed by atoms with Gasteiger partial charge in [0.1, 0.15) is 28.4 Å². The standard InChI is InChI=1S/C24H16O7/c25-16-6-4-15(5-7-16)22-23(19-11-8-17(26)13-20(19)31-24(22)29)30-18-9-1-14(2-10-18)3-12-21(27)28/h1-13,25-26H,(H,27,28)/b12-3+. The fraction of sp³-hybridized carbons (Fsp3) is 0. The van der Waals surface area contributed by atoms with Crippen LogP contribution in [0.1, 0.15) is 5.56 Å². The number of carboxylic acid groups (broad SMARTS) is 1. The third-order valence-corrected chi connectivity index (χ3v) is 4.52. The van der Waals surface area contributed by atoms with Gasteiger partial charge in [0.2, 0.25) is 0 Å². The van der Waals surface area contributed by atoms with Crippen molar-refractivity contribution >= 4 is 23.0 Å². The summed E-state index contributed by atoms with van der Waals surface area (Å²) in [6.45, 7) is 0. The minimum atomic E-state index is -1.05. The highest BCUT2D eigenvalue weighted by Gasteiger charge is 2.19. The van der Waals surface area contributed by atoms with Gasteiger partial charge in [-0.05, 0) is 53.6 Å². The van der Waals surface area contributed by atoms with E-state index in [2.05, 4.69) is 0 Å². The van der Waals surface area contributed by atoms with Gasteiger partial charge in [0.05, 0.1) is 5.39 Å². The molecule has 154 valence electrons. The van der Waals surface area contributed by atoms with Gasteiger partial charge in [0, 0.05) is 12.1 Å². The van der Waals surface area contributed by atoms with Gasteiger partial charge in [0.15, 0.2) is 5.75 Å². The lowest BCUT2D eigenvalue weighted by Gasteiger charge is -2.13. The third kappa shape index (κ3) is 4.25. The Kier molecular flexibility index (Phi) is 5.15. The number of benzene rings is 3. The summed E-state index contributed by atoms with van der Waals surface area (Å²) in [6.07, 6.45) is 2.48. The van der Waals surface area contributed by atoms with Crippen molar-refractivity contribution in [2.75, 3.05) is 0 Å². The summed E-state index contributed by atoms with van der Waals surface area (Å²) in [7, 11) is 0. The Morgan fingerprint density at radius 3 is 2.26 bits per heavy atom. The Labute approximate surface area is 175 Å². The summed E-state index contributed by atoms with van der Waals surface area (Å²) in [5.74, 6) is -0.428. The van der Waals surface area contributed by atoms with E-state index in [4.69, 9.17) is 14.3 Å². The average Bonchev–Trinajstić information content (AvgIpc) is 2.74. The van der Waals surface area contributed by atoms with Crippen molar-refractivity contribution in [1.29, 1.82) is 0 Å². The van der Waals surface area contributed by atoms with Crippen LogP contribution in [0.25, 0.3) is 28.2 Å². The second-order valence-corrected chi connectivity index (χ2v) is 6.66. The average molecular weight is 416 g/mol. The maximum absolute atomic E-state index is 12.8. The van der Waals surface area contributed by atoms with Crippen molar-refractivity contribution in [2.45, 2.75) is 0 Å². The first-order valence-corrected chi connectivity index (χ1v) is 9.19. The van der Waals surface area contributed by atoms with Crippen LogP contribution < -0.4 is 10.4 Å². The molecule has 0 amide bonds. The number of carbonyl (C=O) groups is 1. The van der Waals surface area contributed by atoms with Gasteiger partial charge in [-0.1, -0.05) is 24.3 Å². The van der Waals surface area contributed by atoms with Gasteiger partial charge in [-0.25, -0.2) is 9.59 Å². The van der Waals surface area contributed by atoms with Crippen molar-refractivity contribution in [3.05, 3.63) is 88.8 Å². The van der Waals surface area contributed by atoms with E-state index in [1.165, 1.54) is 30.3 Å². The Hall–Kier alpha value is -4.52. The molecule has 31 heavy (non-hydrogen) atoms. The number of carboxylic acids is 1. The molecule has 1 aromatic heterocycles. The van der Waals surface area contributed by atoms with Crippen molar-refractivity contribution in [3.8, 4) is 34.1 Å². The number of ether oxygens (including phenoxy) is 1. The zero-order valence-electron chi connectivity index (χ0n) is 16.0. The predicted molar refractivity (Wildman–Crippen MR) is 114 cm³/mol. The van der Waals surface area contributed by atoms with E-state index in [1.54, 1.807) is 42.5 Å². The Balaban J connectivity index is 1.85. The smallest absolute Gasteiger partial charge is 0.348 e. The zero-order chi connectivity index (χ0) is 22.0. The maximum atomic E-state index is 12.8. The molecule has 0 saturated carbocycles. The number of phenolic OH excluding ortho intramolecular Hbond substituents is 2. The first-order chi connectivity index (χ1) is 14.9. The van der Waals surface area contributed by atoms with E-state index in [1.807, 2.05) is 0 Å². The lowest BCUT2D eigenvalue weighted by atomic mass is 10.0.